The van der Waals surface area contributed by atoms with Crippen LogP contribution in [0.3, 0.4) is 0 Å². The molecule has 146 valence electrons. The van der Waals surface area contributed by atoms with Crippen molar-refractivity contribution in [2.75, 3.05) is 18.2 Å². The number of nitrogens with one attached hydrogen (secondary N) is 1. The number of benzene rings is 2. The highest BCUT2D eigenvalue weighted by atomic mass is 32.2. The van der Waals surface area contributed by atoms with E-state index in [1.54, 1.807) is 24.0 Å². The van der Waals surface area contributed by atoms with Crippen molar-refractivity contribution in [3.05, 3.63) is 72.6 Å². The van der Waals surface area contributed by atoms with Crippen molar-refractivity contribution in [1.82, 2.24) is 14.6 Å². The predicted octanol–water partition coefficient (Wildman–Crippen LogP) is 4.44. The molecule has 0 bridgehead atoms. The van der Waals surface area contributed by atoms with Gasteiger partial charge in [0.15, 0.2) is 0 Å². The smallest absolute Gasteiger partial charge is 0.234 e. The number of fused-ring (bicyclic) bond motifs is 1. The van der Waals surface area contributed by atoms with Crippen molar-refractivity contribution >= 4 is 28.9 Å². The molecule has 1 N–H and O–H groups in total. The molecule has 7 heteroatoms. The van der Waals surface area contributed by atoms with Gasteiger partial charge in [0, 0.05) is 23.6 Å². The van der Waals surface area contributed by atoms with Crippen LogP contribution in [0.5, 0.6) is 5.75 Å². The molecule has 0 aliphatic heterocycles. The number of methoxy groups -OCH3 is 1. The third-order valence-electron chi connectivity index (χ3n) is 4.38. The van der Waals surface area contributed by atoms with Crippen molar-refractivity contribution in [1.29, 1.82) is 0 Å². The van der Waals surface area contributed by atoms with Gasteiger partial charge in [-0.25, -0.2) is 9.50 Å². The maximum atomic E-state index is 12.3. The number of aromatic nitrogens is 3. The minimum absolute atomic E-state index is 0.0751. The number of rotatable bonds is 6. The van der Waals surface area contributed by atoms with Crippen LogP contribution in [0.25, 0.3) is 16.8 Å². The highest BCUT2D eigenvalue weighted by Gasteiger charge is 2.13. The number of nitrogens with zero attached hydrogens (tertiary/aromatic N) is 3. The van der Waals surface area contributed by atoms with E-state index in [4.69, 9.17) is 4.74 Å². The van der Waals surface area contributed by atoms with E-state index in [0.717, 1.165) is 38.8 Å². The molecule has 4 rings (SSSR count). The number of carbonyl (C=O) groups excluding carboxylic acids is 1. The topological polar surface area (TPSA) is 68.5 Å². The van der Waals surface area contributed by atoms with Gasteiger partial charge in [0.2, 0.25) is 5.91 Å². The summed E-state index contributed by atoms with van der Waals surface area (Å²) in [5.74, 6) is 0.944. The minimum atomic E-state index is -0.0751. The lowest BCUT2D eigenvalue weighted by Crippen LogP contribution is -2.14. The second-order valence-corrected chi connectivity index (χ2v) is 7.46. The zero-order valence-electron chi connectivity index (χ0n) is 16.1. The fourth-order valence-corrected chi connectivity index (χ4v) is 3.83. The first kappa shape index (κ1) is 19.0. The van der Waals surface area contributed by atoms with Gasteiger partial charge in [-0.15, -0.1) is 0 Å². The summed E-state index contributed by atoms with van der Waals surface area (Å²) in [7, 11) is 1.64. The second-order valence-electron chi connectivity index (χ2n) is 6.50. The first-order chi connectivity index (χ1) is 14.1. The Labute approximate surface area is 172 Å². The van der Waals surface area contributed by atoms with Gasteiger partial charge in [-0.1, -0.05) is 36.0 Å². The Morgan fingerprint density at radius 2 is 2.03 bits per heavy atom. The molecule has 6 nitrogen and oxygen atoms in total. The third kappa shape index (κ3) is 4.25. The molecule has 0 radical (unpaired) electrons. The summed E-state index contributed by atoms with van der Waals surface area (Å²) in [6.45, 7) is 1.99. The summed E-state index contributed by atoms with van der Waals surface area (Å²) in [6, 6.07) is 17.5. The molecule has 2 aromatic carbocycles. The van der Waals surface area contributed by atoms with Crippen LogP contribution in [-0.4, -0.2) is 33.4 Å². The van der Waals surface area contributed by atoms with E-state index < -0.39 is 0 Å². The molecule has 29 heavy (non-hydrogen) atoms. The molecule has 0 spiro atoms. The molecule has 2 heterocycles. The maximum Gasteiger partial charge on any atom is 0.234 e. The number of aryl methyl sites for hydroxylation is 1. The van der Waals surface area contributed by atoms with Gasteiger partial charge in [-0.2, -0.15) is 5.10 Å². The summed E-state index contributed by atoms with van der Waals surface area (Å²) >= 11 is 1.38. The predicted molar refractivity (Wildman–Crippen MR) is 116 cm³/mol. The molecule has 4 aromatic rings. The van der Waals surface area contributed by atoms with Gasteiger partial charge in [-0.3, -0.25) is 4.79 Å². The summed E-state index contributed by atoms with van der Waals surface area (Å²) in [6.07, 6.45) is 3.48. The largest absolute Gasteiger partial charge is 0.496 e. The number of para-hydroxylation sites is 1. The summed E-state index contributed by atoms with van der Waals surface area (Å²) < 4.78 is 7.22. The van der Waals surface area contributed by atoms with Crippen molar-refractivity contribution in [3.8, 4) is 17.0 Å². The van der Waals surface area contributed by atoms with Gasteiger partial charge in [-0.05, 0) is 42.8 Å². The number of hydrogen-bond donors (Lipinski definition) is 1. The standard InChI is InChI=1S/C22H20N4O2S/c1-15-6-5-7-16(12-15)24-21(27)14-29-22-19-13-18(25-26(19)11-10-23-22)17-8-3-4-9-20(17)28-2/h3-13H,14H2,1-2H3,(H,24,27). The van der Waals surface area contributed by atoms with Crippen LogP contribution in [0.15, 0.2) is 72.0 Å². The van der Waals surface area contributed by atoms with Crippen LogP contribution in [0, 0.1) is 6.92 Å². The van der Waals surface area contributed by atoms with Crippen LogP contribution in [0.4, 0.5) is 5.69 Å². The highest BCUT2D eigenvalue weighted by molar-refractivity contribution is 8.00. The first-order valence-corrected chi connectivity index (χ1v) is 10.1. The monoisotopic (exact) mass is 404 g/mol. The van der Waals surface area contributed by atoms with Crippen molar-refractivity contribution in [2.24, 2.45) is 0 Å². The number of amides is 1. The molecule has 0 fully saturated rings. The maximum absolute atomic E-state index is 12.3. The van der Waals surface area contributed by atoms with Gasteiger partial charge in [0.1, 0.15) is 10.8 Å². The van der Waals surface area contributed by atoms with Crippen LogP contribution >= 0.6 is 11.8 Å². The number of ether oxygens (including phenoxy) is 1. The van der Waals surface area contributed by atoms with Gasteiger partial charge in [0.05, 0.1) is 24.1 Å². The van der Waals surface area contributed by atoms with Crippen molar-refractivity contribution in [2.45, 2.75) is 11.9 Å². The van der Waals surface area contributed by atoms with E-state index in [2.05, 4.69) is 15.4 Å². The highest BCUT2D eigenvalue weighted by Crippen LogP contribution is 2.31. The Hall–Kier alpha value is -3.32. The van der Waals surface area contributed by atoms with E-state index in [0.29, 0.717) is 0 Å². The number of thioether (sulfide) groups is 1. The van der Waals surface area contributed by atoms with Crippen LogP contribution in [0.1, 0.15) is 5.56 Å². The summed E-state index contributed by atoms with van der Waals surface area (Å²) in [5, 5.41) is 8.31. The molecule has 0 atom stereocenters. The fourth-order valence-electron chi connectivity index (χ4n) is 3.05. The van der Waals surface area contributed by atoms with Crippen molar-refractivity contribution in [3.63, 3.8) is 0 Å². The molecular formula is C22H20N4O2S. The zero-order chi connectivity index (χ0) is 20.2. The number of hydrogen-bond acceptors (Lipinski definition) is 5. The third-order valence-corrected chi connectivity index (χ3v) is 5.37. The number of anilines is 1. The second kappa shape index (κ2) is 8.36. The normalized spacial score (nSPS) is 10.8. The van der Waals surface area contributed by atoms with Gasteiger partial charge >= 0.3 is 0 Å². The van der Waals surface area contributed by atoms with Gasteiger partial charge in [0.25, 0.3) is 0 Å². The Bertz CT molecular complexity index is 1170. The van der Waals surface area contributed by atoms with E-state index in [1.165, 1.54) is 11.8 Å². The quantitative estimate of drug-likeness (QED) is 0.481. The Morgan fingerprint density at radius 1 is 1.17 bits per heavy atom. The molecule has 1 amide bonds. The summed E-state index contributed by atoms with van der Waals surface area (Å²) in [4.78, 5) is 16.8. The number of carbonyl (C=O) groups is 1. The molecule has 0 saturated heterocycles. The van der Waals surface area contributed by atoms with Crippen LogP contribution in [0.2, 0.25) is 0 Å². The van der Waals surface area contributed by atoms with E-state index in [1.807, 2.05) is 61.5 Å². The lowest BCUT2D eigenvalue weighted by molar-refractivity contribution is -0.113. The summed E-state index contributed by atoms with van der Waals surface area (Å²) in [5.41, 5.74) is 4.45. The minimum Gasteiger partial charge on any atom is -0.496 e. The average molecular weight is 404 g/mol. The van der Waals surface area contributed by atoms with Crippen LogP contribution in [-0.2, 0) is 4.79 Å². The fraction of sp³-hybridized carbons (Fsp3) is 0.136. The average Bonchev–Trinajstić information content (AvgIpc) is 3.17. The SMILES string of the molecule is COc1ccccc1-c1cc2c(SCC(=O)Nc3cccc(C)c3)nccn2n1. The molecular weight excluding hydrogens is 384 g/mol. The van der Waals surface area contributed by atoms with Gasteiger partial charge < -0.3 is 10.1 Å². The Kier molecular flexibility index (Phi) is 5.48. The lowest BCUT2D eigenvalue weighted by atomic mass is 10.1. The van der Waals surface area contributed by atoms with E-state index in [9.17, 15) is 4.79 Å². The van der Waals surface area contributed by atoms with Crippen LogP contribution < -0.4 is 10.1 Å². The molecule has 0 aliphatic rings. The Balaban J connectivity index is 1.54. The molecule has 0 unspecified atom stereocenters. The molecule has 0 saturated carbocycles. The Morgan fingerprint density at radius 3 is 2.86 bits per heavy atom. The van der Waals surface area contributed by atoms with E-state index in [-0.39, 0.29) is 11.7 Å². The van der Waals surface area contributed by atoms with Crippen molar-refractivity contribution < 1.29 is 9.53 Å². The zero-order valence-corrected chi connectivity index (χ0v) is 16.9. The first-order valence-electron chi connectivity index (χ1n) is 9.11. The lowest BCUT2D eigenvalue weighted by Gasteiger charge is -2.06. The molecule has 2 aromatic heterocycles. The van der Waals surface area contributed by atoms with E-state index >= 15 is 0 Å². The molecule has 0 aliphatic carbocycles.